The van der Waals surface area contributed by atoms with E-state index >= 15 is 0 Å². The maximum Gasteiger partial charge on any atom is 0.327 e. The van der Waals surface area contributed by atoms with Gasteiger partial charge in [0.1, 0.15) is 18.3 Å². The fourth-order valence-electron chi connectivity index (χ4n) is 4.01. The van der Waals surface area contributed by atoms with Gasteiger partial charge in [0.2, 0.25) is 5.91 Å². The van der Waals surface area contributed by atoms with E-state index in [2.05, 4.69) is 36.9 Å². The van der Waals surface area contributed by atoms with Crippen molar-refractivity contribution < 1.29 is 19.1 Å². The molecule has 0 spiro atoms. The van der Waals surface area contributed by atoms with E-state index in [-0.39, 0.29) is 30.9 Å². The van der Waals surface area contributed by atoms with Crippen LogP contribution in [0.2, 0.25) is 0 Å². The molecule has 0 aliphatic carbocycles. The number of amides is 2. The molecule has 3 N–H and O–H groups in total. The van der Waals surface area contributed by atoms with E-state index in [1.807, 2.05) is 24.3 Å². The van der Waals surface area contributed by atoms with Crippen molar-refractivity contribution in [2.75, 3.05) is 25.0 Å². The molecule has 9 heteroatoms. The molecule has 2 amide bonds. The van der Waals surface area contributed by atoms with Gasteiger partial charge in [-0.25, -0.2) is 4.79 Å². The van der Waals surface area contributed by atoms with Crippen LogP contribution in [-0.2, 0) is 20.7 Å². The summed E-state index contributed by atoms with van der Waals surface area (Å²) in [7, 11) is 0. The first-order chi connectivity index (χ1) is 17.4. The number of esters is 1. The molecule has 1 aliphatic heterocycles. The maximum atomic E-state index is 12.7. The lowest BCUT2D eigenvalue weighted by Gasteiger charge is -2.25. The van der Waals surface area contributed by atoms with Gasteiger partial charge in [-0.2, -0.15) is 0 Å². The lowest BCUT2D eigenvalue weighted by Crippen LogP contribution is -2.37. The van der Waals surface area contributed by atoms with Crippen LogP contribution < -0.4 is 16.0 Å². The first-order valence-electron chi connectivity index (χ1n) is 11.7. The van der Waals surface area contributed by atoms with Crippen molar-refractivity contribution >= 4 is 39.4 Å². The molecule has 2 heterocycles. The number of carbonyl (C=O) groups excluding carboxylic acids is 3. The Morgan fingerprint density at radius 1 is 1.14 bits per heavy atom. The predicted molar refractivity (Wildman–Crippen MR) is 140 cm³/mol. The fraction of sp³-hybridized carbons (Fsp3) is 0.259. The number of nitrogens with zero attached hydrogens (tertiary/aromatic N) is 1. The minimum absolute atomic E-state index is 0.0832. The number of pyridine rings is 1. The summed E-state index contributed by atoms with van der Waals surface area (Å²) < 4.78 is 6.06. The summed E-state index contributed by atoms with van der Waals surface area (Å²) in [5, 5.41) is 8.82. The smallest absolute Gasteiger partial charge is 0.327 e. The highest BCUT2D eigenvalue weighted by molar-refractivity contribution is 9.10. The Morgan fingerprint density at radius 2 is 1.94 bits per heavy atom. The number of nitrogens with one attached hydrogen (secondary N) is 3. The Kier molecular flexibility index (Phi) is 8.45. The molecule has 186 valence electrons. The third-order valence-electron chi connectivity index (χ3n) is 6.02. The number of rotatable bonds is 8. The van der Waals surface area contributed by atoms with Crippen molar-refractivity contribution in [3.8, 4) is 0 Å². The fourth-order valence-corrected chi connectivity index (χ4v) is 4.51. The van der Waals surface area contributed by atoms with E-state index < -0.39 is 12.0 Å². The van der Waals surface area contributed by atoms with E-state index in [0.717, 1.165) is 23.1 Å². The molecule has 2 aromatic carbocycles. The minimum Gasteiger partial charge on any atom is -0.462 e. The van der Waals surface area contributed by atoms with Crippen molar-refractivity contribution in [3.63, 3.8) is 0 Å². The zero-order valence-corrected chi connectivity index (χ0v) is 21.4. The quantitative estimate of drug-likeness (QED) is 0.291. The summed E-state index contributed by atoms with van der Waals surface area (Å²) in [5.41, 5.74) is 3.75. The van der Waals surface area contributed by atoms with Crippen molar-refractivity contribution in [3.05, 3.63) is 93.7 Å². The molecule has 1 aromatic heterocycles. The van der Waals surface area contributed by atoms with Crippen molar-refractivity contribution in [2.24, 2.45) is 0 Å². The number of hydrogen-bond acceptors (Lipinski definition) is 6. The number of hydrogen-bond donors (Lipinski definition) is 3. The van der Waals surface area contributed by atoms with E-state index in [1.165, 1.54) is 0 Å². The molecule has 2 unspecified atom stereocenters. The van der Waals surface area contributed by atoms with Gasteiger partial charge in [0, 0.05) is 17.2 Å². The van der Waals surface area contributed by atoms with Crippen molar-refractivity contribution in [1.29, 1.82) is 0 Å². The van der Waals surface area contributed by atoms with Crippen LogP contribution in [0.15, 0.2) is 71.3 Å². The summed E-state index contributed by atoms with van der Waals surface area (Å²) in [5.74, 6) is -1.30. The largest absolute Gasteiger partial charge is 0.462 e. The second-order valence-corrected chi connectivity index (χ2v) is 9.28. The van der Waals surface area contributed by atoms with Gasteiger partial charge in [-0.15, -0.1) is 0 Å². The molecule has 36 heavy (non-hydrogen) atoms. The lowest BCUT2D eigenvalue weighted by atomic mass is 9.94. The highest BCUT2D eigenvalue weighted by Crippen LogP contribution is 2.28. The molecule has 0 fully saturated rings. The number of carbonyl (C=O) groups is 3. The van der Waals surface area contributed by atoms with Gasteiger partial charge in [0.15, 0.2) is 0 Å². The SMILES string of the molecule is CC(C(=O)NCCOC(=O)C1NCCc2ccccc21)c1ccc(NC(=O)c2ccccn2)c(Br)c1. The number of aromatic nitrogens is 1. The van der Waals surface area contributed by atoms with Gasteiger partial charge in [0.25, 0.3) is 5.91 Å². The highest BCUT2D eigenvalue weighted by Gasteiger charge is 2.27. The molecule has 0 saturated carbocycles. The molecule has 0 radical (unpaired) electrons. The summed E-state index contributed by atoms with van der Waals surface area (Å²) in [6.07, 6.45) is 2.43. The van der Waals surface area contributed by atoms with E-state index in [4.69, 9.17) is 4.74 Å². The Bertz CT molecular complexity index is 1250. The van der Waals surface area contributed by atoms with Crippen LogP contribution in [0, 0.1) is 0 Å². The molecule has 8 nitrogen and oxygen atoms in total. The van der Waals surface area contributed by atoms with Crippen molar-refractivity contribution in [1.82, 2.24) is 15.6 Å². The van der Waals surface area contributed by atoms with Gasteiger partial charge < -0.3 is 20.7 Å². The third-order valence-corrected chi connectivity index (χ3v) is 6.68. The minimum atomic E-state index is -0.487. The Hall–Kier alpha value is -3.56. The van der Waals surface area contributed by atoms with Gasteiger partial charge in [-0.1, -0.05) is 36.4 Å². The molecule has 2 atom stereocenters. The number of benzene rings is 2. The van der Waals surface area contributed by atoms with Crippen molar-refractivity contribution in [2.45, 2.75) is 25.3 Å². The first kappa shape index (κ1) is 25.5. The van der Waals surface area contributed by atoms with Crippen LogP contribution in [0.3, 0.4) is 0 Å². The van der Waals surface area contributed by atoms with Crippen LogP contribution in [0.4, 0.5) is 5.69 Å². The summed E-state index contributed by atoms with van der Waals surface area (Å²) in [6, 6.07) is 17.8. The second kappa shape index (κ2) is 11.9. The van der Waals surface area contributed by atoms with E-state index in [1.54, 1.807) is 49.5 Å². The highest BCUT2D eigenvalue weighted by atomic mass is 79.9. The van der Waals surface area contributed by atoms with Gasteiger partial charge in [-0.3, -0.25) is 14.6 Å². The molecule has 4 rings (SSSR count). The normalized spacial score (nSPS) is 15.3. The lowest BCUT2D eigenvalue weighted by molar-refractivity contribution is -0.146. The molecular formula is C27H27BrN4O4. The molecule has 1 aliphatic rings. The molecule has 0 bridgehead atoms. The number of halogens is 1. The average Bonchev–Trinajstić information content (AvgIpc) is 2.91. The zero-order chi connectivity index (χ0) is 25.5. The topological polar surface area (TPSA) is 109 Å². The number of fused-ring (bicyclic) bond motifs is 1. The Morgan fingerprint density at radius 3 is 2.72 bits per heavy atom. The maximum absolute atomic E-state index is 12.7. The Labute approximate surface area is 218 Å². The summed E-state index contributed by atoms with van der Waals surface area (Å²) in [4.78, 5) is 41.6. The van der Waals surface area contributed by atoms with Crippen LogP contribution in [0.1, 0.15) is 46.1 Å². The van der Waals surface area contributed by atoms with Crippen LogP contribution in [0.5, 0.6) is 0 Å². The summed E-state index contributed by atoms with van der Waals surface area (Å²) in [6.45, 7) is 2.80. The molecular weight excluding hydrogens is 524 g/mol. The van der Waals surface area contributed by atoms with Crippen LogP contribution in [-0.4, -0.2) is 42.5 Å². The van der Waals surface area contributed by atoms with E-state index in [9.17, 15) is 14.4 Å². The Balaban J connectivity index is 1.26. The summed E-state index contributed by atoms with van der Waals surface area (Å²) >= 11 is 3.46. The van der Waals surface area contributed by atoms with Crippen LogP contribution in [0.25, 0.3) is 0 Å². The standard InChI is InChI=1S/C27H27BrN4O4/c1-17(19-9-10-22(21(28)16-19)32-26(34)23-8-4-5-12-29-23)25(33)31-14-15-36-27(35)24-20-7-3-2-6-18(20)11-13-30-24/h2-10,12,16-17,24,30H,11,13-15H2,1H3,(H,31,33)(H,32,34). The van der Waals surface area contributed by atoms with Crippen LogP contribution >= 0.6 is 15.9 Å². The molecule has 0 saturated heterocycles. The van der Waals surface area contributed by atoms with Gasteiger partial charge in [0.05, 0.1) is 18.2 Å². The third kappa shape index (κ3) is 6.16. The first-order valence-corrected chi connectivity index (χ1v) is 12.5. The number of ether oxygens (including phenoxy) is 1. The number of anilines is 1. The monoisotopic (exact) mass is 550 g/mol. The van der Waals surface area contributed by atoms with Gasteiger partial charge >= 0.3 is 5.97 Å². The average molecular weight is 551 g/mol. The van der Waals surface area contributed by atoms with E-state index in [0.29, 0.717) is 22.4 Å². The second-order valence-electron chi connectivity index (χ2n) is 8.42. The van der Waals surface area contributed by atoms with Gasteiger partial charge in [-0.05, 0) is 70.2 Å². The predicted octanol–water partition coefficient (Wildman–Crippen LogP) is 3.75. The zero-order valence-electron chi connectivity index (χ0n) is 19.8. The molecule has 3 aromatic rings.